The highest BCUT2D eigenvalue weighted by Crippen LogP contribution is 2.40. The summed E-state index contributed by atoms with van der Waals surface area (Å²) in [5.41, 5.74) is 7.41. The van der Waals surface area contributed by atoms with E-state index >= 15 is 0 Å². The van der Waals surface area contributed by atoms with Crippen LogP contribution < -0.4 is 15.8 Å². The van der Waals surface area contributed by atoms with Gasteiger partial charge in [-0.05, 0) is 12.1 Å². The molecule has 0 radical (unpaired) electrons. The third-order valence-corrected chi connectivity index (χ3v) is 3.12. The predicted molar refractivity (Wildman–Crippen MR) is 78.9 cm³/mol. The van der Waals surface area contributed by atoms with Crippen LogP contribution in [-0.2, 0) is 11.8 Å². The summed E-state index contributed by atoms with van der Waals surface area (Å²) in [5.74, 6) is 0.771. The number of ether oxygens (including phenoxy) is 1. The Balaban J connectivity index is 2.68. The number of carbonyl (C=O) groups excluding carboxylic acids is 1. The van der Waals surface area contributed by atoms with Crippen LogP contribution in [0.2, 0.25) is 5.02 Å². The maximum atomic E-state index is 11.4. The third kappa shape index (κ3) is 2.55. The number of hydrogen-bond acceptors (Lipinski definition) is 4. The van der Waals surface area contributed by atoms with Crippen molar-refractivity contribution >= 4 is 29.0 Å². The van der Waals surface area contributed by atoms with E-state index in [0.29, 0.717) is 33.5 Å². The molecule has 0 unspecified atom stereocenters. The van der Waals surface area contributed by atoms with E-state index in [0.717, 1.165) is 0 Å². The number of nitrogen functional groups attached to an aromatic ring is 1. The number of nitrogens with two attached hydrogens (primary N) is 1. The van der Waals surface area contributed by atoms with E-state index < -0.39 is 0 Å². The van der Waals surface area contributed by atoms with Crippen LogP contribution in [0.3, 0.4) is 0 Å². The number of methoxy groups -OCH3 is 1. The number of aryl methyl sites for hydroxylation is 1. The van der Waals surface area contributed by atoms with Crippen molar-refractivity contribution in [3.05, 3.63) is 23.2 Å². The molecule has 1 heterocycles. The summed E-state index contributed by atoms with van der Waals surface area (Å²) in [5, 5.41) is 7.46. The molecule has 0 atom stereocenters. The van der Waals surface area contributed by atoms with E-state index in [1.54, 1.807) is 25.2 Å². The van der Waals surface area contributed by atoms with Gasteiger partial charge in [-0.2, -0.15) is 5.10 Å². The lowest BCUT2D eigenvalue weighted by atomic mass is 10.1. The zero-order valence-corrected chi connectivity index (χ0v) is 12.2. The maximum absolute atomic E-state index is 11.4. The van der Waals surface area contributed by atoms with Crippen LogP contribution in [0.25, 0.3) is 11.3 Å². The number of benzene rings is 1. The number of anilines is 2. The zero-order chi connectivity index (χ0) is 14.9. The maximum Gasteiger partial charge on any atom is 0.221 e. The topological polar surface area (TPSA) is 82.2 Å². The third-order valence-electron chi connectivity index (χ3n) is 2.81. The Hall–Kier alpha value is -2.21. The van der Waals surface area contributed by atoms with Gasteiger partial charge < -0.3 is 15.8 Å². The van der Waals surface area contributed by atoms with Crippen molar-refractivity contribution in [1.82, 2.24) is 9.78 Å². The first-order valence-electron chi connectivity index (χ1n) is 5.88. The van der Waals surface area contributed by atoms with Crippen LogP contribution in [0.1, 0.15) is 6.92 Å². The first-order valence-corrected chi connectivity index (χ1v) is 6.25. The van der Waals surface area contributed by atoms with E-state index in [9.17, 15) is 4.79 Å². The van der Waals surface area contributed by atoms with E-state index in [1.165, 1.54) is 18.7 Å². The van der Waals surface area contributed by atoms with Gasteiger partial charge in [0, 0.05) is 25.6 Å². The fourth-order valence-corrected chi connectivity index (χ4v) is 2.14. The normalized spacial score (nSPS) is 10.4. The van der Waals surface area contributed by atoms with Crippen molar-refractivity contribution in [3.8, 4) is 17.0 Å². The quantitative estimate of drug-likeness (QED) is 0.910. The molecule has 0 aliphatic rings. The molecule has 2 rings (SSSR count). The summed E-state index contributed by atoms with van der Waals surface area (Å²) < 4.78 is 6.79. The molecule has 1 aromatic carbocycles. The molecule has 6 nitrogen and oxygen atoms in total. The fourth-order valence-electron chi connectivity index (χ4n) is 1.88. The van der Waals surface area contributed by atoms with Crippen molar-refractivity contribution < 1.29 is 9.53 Å². The average Bonchev–Trinajstić information content (AvgIpc) is 2.69. The summed E-state index contributed by atoms with van der Waals surface area (Å²) in [6.45, 7) is 1.41. The number of carbonyl (C=O) groups is 1. The lowest BCUT2D eigenvalue weighted by molar-refractivity contribution is -0.114. The Morgan fingerprint density at radius 2 is 2.20 bits per heavy atom. The number of hydrogen-bond donors (Lipinski definition) is 2. The van der Waals surface area contributed by atoms with E-state index in [2.05, 4.69) is 10.4 Å². The number of rotatable bonds is 3. The monoisotopic (exact) mass is 294 g/mol. The van der Waals surface area contributed by atoms with Crippen LogP contribution in [0.5, 0.6) is 5.75 Å². The van der Waals surface area contributed by atoms with Gasteiger partial charge in [0.2, 0.25) is 5.91 Å². The average molecular weight is 295 g/mol. The van der Waals surface area contributed by atoms with Crippen LogP contribution in [0, 0.1) is 0 Å². The van der Waals surface area contributed by atoms with E-state index in [1.807, 2.05) is 0 Å². The number of aromatic nitrogens is 2. The Kier molecular flexibility index (Phi) is 3.85. The summed E-state index contributed by atoms with van der Waals surface area (Å²) in [7, 11) is 3.25. The number of nitrogens with one attached hydrogen (secondary N) is 1. The molecule has 20 heavy (non-hydrogen) atoms. The molecular formula is C13H15ClN4O2. The Morgan fingerprint density at radius 1 is 1.50 bits per heavy atom. The largest absolute Gasteiger partial charge is 0.495 e. The molecule has 7 heteroatoms. The SMILES string of the molecule is COc1ccc(Cl)c(-c2cc(N)n(C)n2)c1NC(C)=O. The summed E-state index contributed by atoms with van der Waals surface area (Å²) in [4.78, 5) is 11.4. The molecule has 0 bridgehead atoms. The molecule has 1 amide bonds. The van der Waals surface area contributed by atoms with Crippen molar-refractivity contribution in [2.24, 2.45) is 7.05 Å². The van der Waals surface area contributed by atoms with Gasteiger partial charge in [0.25, 0.3) is 0 Å². The second-order valence-corrected chi connectivity index (χ2v) is 4.67. The molecule has 2 aromatic rings. The smallest absolute Gasteiger partial charge is 0.221 e. The van der Waals surface area contributed by atoms with Gasteiger partial charge in [-0.25, -0.2) is 0 Å². The van der Waals surface area contributed by atoms with Gasteiger partial charge in [0.15, 0.2) is 0 Å². The highest BCUT2D eigenvalue weighted by Gasteiger charge is 2.18. The molecule has 0 fully saturated rings. The molecule has 0 aliphatic heterocycles. The Labute approximate surface area is 121 Å². The minimum absolute atomic E-state index is 0.226. The predicted octanol–water partition coefficient (Wildman–Crippen LogP) is 2.29. The van der Waals surface area contributed by atoms with E-state index in [4.69, 9.17) is 22.1 Å². The van der Waals surface area contributed by atoms with Gasteiger partial charge in [-0.15, -0.1) is 0 Å². The molecule has 0 saturated heterocycles. The van der Waals surface area contributed by atoms with Gasteiger partial charge in [-0.3, -0.25) is 9.48 Å². The molecule has 0 spiro atoms. The van der Waals surface area contributed by atoms with Gasteiger partial charge in [-0.1, -0.05) is 11.6 Å². The minimum Gasteiger partial charge on any atom is -0.495 e. The standard InChI is InChI=1S/C13H15ClN4O2/c1-7(19)16-13-10(20-3)5-4-8(14)12(13)9-6-11(15)18(2)17-9/h4-6H,15H2,1-3H3,(H,16,19). The first kappa shape index (κ1) is 14.2. The van der Waals surface area contributed by atoms with Gasteiger partial charge in [0.1, 0.15) is 11.6 Å². The van der Waals surface area contributed by atoms with Crippen molar-refractivity contribution in [3.63, 3.8) is 0 Å². The molecule has 1 aromatic heterocycles. The van der Waals surface area contributed by atoms with Crippen molar-refractivity contribution in [2.75, 3.05) is 18.2 Å². The van der Waals surface area contributed by atoms with Crippen molar-refractivity contribution in [1.29, 1.82) is 0 Å². The lowest BCUT2D eigenvalue weighted by Crippen LogP contribution is -2.09. The van der Waals surface area contributed by atoms with Crippen LogP contribution in [0.4, 0.5) is 11.5 Å². The van der Waals surface area contributed by atoms with Crippen LogP contribution in [-0.4, -0.2) is 22.8 Å². The summed E-state index contributed by atoms with van der Waals surface area (Å²) in [6, 6.07) is 5.06. The highest BCUT2D eigenvalue weighted by molar-refractivity contribution is 6.34. The van der Waals surface area contributed by atoms with Crippen LogP contribution in [0.15, 0.2) is 18.2 Å². The summed E-state index contributed by atoms with van der Waals surface area (Å²) in [6.07, 6.45) is 0. The number of nitrogens with zero attached hydrogens (tertiary/aromatic N) is 2. The fraction of sp³-hybridized carbons (Fsp3) is 0.231. The second kappa shape index (κ2) is 5.42. The van der Waals surface area contributed by atoms with Crippen molar-refractivity contribution in [2.45, 2.75) is 6.92 Å². The molecule has 106 valence electrons. The zero-order valence-electron chi connectivity index (χ0n) is 11.4. The van der Waals surface area contributed by atoms with Gasteiger partial charge >= 0.3 is 0 Å². The number of amides is 1. The lowest BCUT2D eigenvalue weighted by Gasteiger charge is -2.14. The number of halogens is 1. The molecule has 0 saturated carbocycles. The Bertz CT molecular complexity index is 647. The first-order chi connectivity index (χ1) is 9.43. The molecule has 3 N–H and O–H groups in total. The Morgan fingerprint density at radius 3 is 2.70 bits per heavy atom. The second-order valence-electron chi connectivity index (χ2n) is 4.26. The highest BCUT2D eigenvalue weighted by atomic mass is 35.5. The molecular weight excluding hydrogens is 280 g/mol. The van der Waals surface area contributed by atoms with Gasteiger partial charge in [0.05, 0.1) is 23.5 Å². The van der Waals surface area contributed by atoms with E-state index in [-0.39, 0.29) is 5.91 Å². The summed E-state index contributed by atoms with van der Waals surface area (Å²) >= 11 is 6.24. The minimum atomic E-state index is -0.226. The molecule has 0 aliphatic carbocycles. The van der Waals surface area contributed by atoms with Crippen LogP contribution >= 0.6 is 11.6 Å².